The molecule has 1 aromatic heterocycles. The first kappa shape index (κ1) is 15.4. The highest BCUT2D eigenvalue weighted by Gasteiger charge is 2.14. The van der Waals surface area contributed by atoms with Gasteiger partial charge in [0.15, 0.2) is 0 Å². The molecule has 0 bridgehead atoms. The molecule has 0 saturated carbocycles. The first-order valence-electron chi connectivity index (χ1n) is 7.02. The second-order valence-corrected chi connectivity index (χ2v) is 5.02. The van der Waals surface area contributed by atoms with Gasteiger partial charge < -0.3 is 4.74 Å². The van der Waals surface area contributed by atoms with Gasteiger partial charge in [0, 0.05) is 6.54 Å². The Morgan fingerprint density at radius 2 is 2.00 bits per heavy atom. The van der Waals surface area contributed by atoms with E-state index in [1.807, 2.05) is 42.8 Å². The Kier molecular flexibility index (Phi) is 5.24. The van der Waals surface area contributed by atoms with E-state index in [9.17, 15) is 0 Å². The quantitative estimate of drug-likeness (QED) is 0.816. The van der Waals surface area contributed by atoms with E-state index >= 15 is 0 Å². The molecule has 0 aliphatic rings. The molecule has 0 aliphatic carbocycles. The molecular formula is C16H18ClN3O. The van der Waals surface area contributed by atoms with Crippen LogP contribution in [0.2, 0.25) is 5.02 Å². The molecule has 1 heterocycles. The summed E-state index contributed by atoms with van der Waals surface area (Å²) < 4.78 is 7.66. The summed E-state index contributed by atoms with van der Waals surface area (Å²) in [4.78, 5) is 0. The standard InChI is InChI=1S/C16H18ClN3O/c1-3-14-16(17)15(20(4-2)19-14)11-21-13-7-5-12(6-8-13)9-10-18/h5-8H,3-4,9,11H2,1-2H3. The van der Waals surface area contributed by atoms with Gasteiger partial charge in [0.05, 0.1) is 28.9 Å². The van der Waals surface area contributed by atoms with E-state index in [1.54, 1.807) is 0 Å². The molecule has 0 N–H and O–H groups in total. The first-order chi connectivity index (χ1) is 10.2. The van der Waals surface area contributed by atoms with Crippen molar-refractivity contribution in [2.45, 2.75) is 39.8 Å². The van der Waals surface area contributed by atoms with Gasteiger partial charge in [-0.2, -0.15) is 10.4 Å². The van der Waals surface area contributed by atoms with Crippen molar-refractivity contribution in [2.24, 2.45) is 0 Å². The minimum Gasteiger partial charge on any atom is -0.487 e. The zero-order valence-electron chi connectivity index (χ0n) is 12.3. The van der Waals surface area contributed by atoms with Crippen molar-refractivity contribution >= 4 is 11.6 Å². The van der Waals surface area contributed by atoms with Crippen molar-refractivity contribution < 1.29 is 4.74 Å². The summed E-state index contributed by atoms with van der Waals surface area (Å²) in [6.07, 6.45) is 1.22. The predicted molar refractivity (Wildman–Crippen MR) is 82.4 cm³/mol. The van der Waals surface area contributed by atoms with Crippen molar-refractivity contribution in [2.75, 3.05) is 0 Å². The largest absolute Gasteiger partial charge is 0.487 e. The molecule has 0 spiro atoms. The number of benzene rings is 1. The molecule has 0 radical (unpaired) electrons. The minimum absolute atomic E-state index is 0.386. The number of halogens is 1. The number of nitrogens with zero attached hydrogens (tertiary/aromatic N) is 3. The Bertz CT molecular complexity index is 641. The minimum atomic E-state index is 0.386. The Morgan fingerprint density at radius 1 is 1.29 bits per heavy atom. The van der Waals surface area contributed by atoms with Crippen LogP contribution in [0.3, 0.4) is 0 Å². The summed E-state index contributed by atoms with van der Waals surface area (Å²) in [6.45, 7) is 5.21. The van der Waals surface area contributed by atoms with Gasteiger partial charge in [0.1, 0.15) is 12.4 Å². The highest BCUT2D eigenvalue weighted by molar-refractivity contribution is 6.31. The lowest BCUT2D eigenvalue weighted by molar-refractivity contribution is 0.292. The number of hydrogen-bond acceptors (Lipinski definition) is 3. The molecule has 21 heavy (non-hydrogen) atoms. The Balaban J connectivity index is 2.09. The number of aromatic nitrogens is 2. The van der Waals surface area contributed by atoms with Gasteiger partial charge in [-0.3, -0.25) is 4.68 Å². The average Bonchev–Trinajstić information content (AvgIpc) is 2.82. The van der Waals surface area contributed by atoms with Crippen LogP contribution in [-0.2, 0) is 26.0 Å². The molecule has 0 amide bonds. The summed E-state index contributed by atoms with van der Waals surface area (Å²) in [5, 5.41) is 13.8. The van der Waals surface area contributed by atoms with Crippen LogP contribution in [0.1, 0.15) is 30.8 Å². The normalized spacial score (nSPS) is 10.4. The monoisotopic (exact) mass is 303 g/mol. The maximum absolute atomic E-state index is 8.65. The van der Waals surface area contributed by atoms with Crippen LogP contribution in [0, 0.1) is 11.3 Å². The SMILES string of the molecule is CCc1nn(CC)c(COc2ccc(CC#N)cc2)c1Cl. The van der Waals surface area contributed by atoms with E-state index in [0.29, 0.717) is 18.1 Å². The molecule has 0 fully saturated rings. The Labute approximate surface area is 129 Å². The van der Waals surface area contributed by atoms with Crippen LogP contribution >= 0.6 is 11.6 Å². The third-order valence-corrected chi connectivity index (χ3v) is 3.71. The van der Waals surface area contributed by atoms with Crippen LogP contribution < -0.4 is 4.74 Å². The smallest absolute Gasteiger partial charge is 0.131 e. The zero-order valence-corrected chi connectivity index (χ0v) is 13.0. The van der Waals surface area contributed by atoms with Gasteiger partial charge in [-0.15, -0.1) is 0 Å². The van der Waals surface area contributed by atoms with Gasteiger partial charge in [0.2, 0.25) is 0 Å². The van der Waals surface area contributed by atoms with Crippen LogP contribution in [0.5, 0.6) is 5.75 Å². The summed E-state index contributed by atoms with van der Waals surface area (Å²) >= 11 is 6.34. The Hall–Kier alpha value is -1.99. The van der Waals surface area contributed by atoms with Crippen LogP contribution in [0.25, 0.3) is 0 Å². The fraction of sp³-hybridized carbons (Fsp3) is 0.375. The maximum Gasteiger partial charge on any atom is 0.131 e. The van der Waals surface area contributed by atoms with E-state index in [-0.39, 0.29) is 0 Å². The van der Waals surface area contributed by atoms with E-state index in [4.69, 9.17) is 21.6 Å². The number of rotatable bonds is 6. The number of hydrogen-bond donors (Lipinski definition) is 0. The maximum atomic E-state index is 8.65. The third-order valence-electron chi connectivity index (χ3n) is 3.28. The summed E-state index contributed by atoms with van der Waals surface area (Å²) in [5.41, 5.74) is 2.79. The van der Waals surface area contributed by atoms with Gasteiger partial charge in [-0.1, -0.05) is 30.7 Å². The lowest BCUT2D eigenvalue weighted by atomic mass is 10.2. The molecule has 1 aromatic carbocycles. The van der Waals surface area contributed by atoms with Crippen molar-refractivity contribution in [1.29, 1.82) is 5.26 Å². The van der Waals surface area contributed by atoms with Gasteiger partial charge in [-0.05, 0) is 31.0 Å². The first-order valence-corrected chi connectivity index (χ1v) is 7.40. The predicted octanol–water partition coefficient (Wildman–Crippen LogP) is 3.76. The highest BCUT2D eigenvalue weighted by atomic mass is 35.5. The van der Waals surface area contributed by atoms with Crippen molar-refractivity contribution in [3.63, 3.8) is 0 Å². The molecule has 0 unspecified atom stereocenters. The van der Waals surface area contributed by atoms with E-state index in [2.05, 4.69) is 11.2 Å². The zero-order chi connectivity index (χ0) is 15.2. The number of ether oxygens (including phenoxy) is 1. The number of nitriles is 1. The fourth-order valence-electron chi connectivity index (χ4n) is 2.10. The van der Waals surface area contributed by atoms with E-state index < -0.39 is 0 Å². The molecule has 2 rings (SSSR count). The van der Waals surface area contributed by atoms with Crippen LogP contribution in [0.15, 0.2) is 24.3 Å². The molecular weight excluding hydrogens is 286 g/mol. The lowest BCUT2D eigenvalue weighted by Gasteiger charge is -2.08. The summed E-state index contributed by atoms with van der Waals surface area (Å²) in [5.74, 6) is 0.759. The van der Waals surface area contributed by atoms with E-state index in [0.717, 1.165) is 35.7 Å². The Morgan fingerprint density at radius 3 is 2.57 bits per heavy atom. The summed E-state index contributed by atoms with van der Waals surface area (Å²) in [7, 11) is 0. The highest BCUT2D eigenvalue weighted by Crippen LogP contribution is 2.23. The van der Waals surface area contributed by atoms with Crippen molar-refractivity contribution in [3.05, 3.63) is 46.2 Å². The molecule has 0 saturated heterocycles. The van der Waals surface area contributed by atoms with Crippen molar-refractivity contribution in [3.8, 4) is 11.8 Å². The van der Waals surface area contributed by atoms with Crippen LogP contribution in [-0.4, -0.2) is 9.78 Å². The van der Waals surface area contributed by atoms with Gasteiger partial charge in [-0.25, -0.2) is 0 Å². The number of aryl methyl sites for hydroxylation is 2. The second-order valence-electron chi connectivity index (χ2n) is 4.64. The van der Waals surface area contributed by atoms with E-state index in [1.165, 1.54) is 0 Å². The van der Waals surface area contributed by atoms with Gasteiger partial charge in [0.25, 0.3) is 0 Å². The average molecular weight is 304 g/mol. The van der Waals surface area contributed by atoms with Crippen molar-refractivity contribution in [1.82, 2.24) is 9.78 Å². The second kappa shape index (κ2) is 7.14. The fourth-order valence-corrected chi connectivity index (χ4v) is 2.43. The molecule has 2 aromatic rings. The third kappa shape index (κ3) is 3.56. The van der Waals surface area contributed by atoms with Crippen LogP contribution in [0.4, 0.5) is 0 Å². The molecule has 5 heteroatoms. The molecule has 4 nitrogen and oxygen atoms in total. The molecule has 0 atom stereocenters. The van der Waals surface area contributed by atoms with Gasteiger partial charge >= 0.3 is 0 Å². The lowest BCUT2D eigenvalue weighted by Crippen LogP contribution is -2.06. The topological polar surface area (TPSA) is 50.8 Å². The molecule has 0 aliphatic heterocycles. The summed E-state index contributed by atoms with van der Waals surface area (Å²) in [6, 6.07) is 9.66. The molecule has 110 valence electrons.